The predicted octanol–water partition coefficient (Wildman–Crippen LogP) is 4.87. The van der Waals surface area contributed by atoms with Gasteiger partial charge in [0.25, 0.3) is 5.91 Å². The number of hydrogen-bond acceptors (Lipinski definition) is 9. The van der Waals surface area contributed by atoms with Gasteiger partial charge in [0.05, 0.1) is 37.2 Å². The fourth-order valence-electron chi connectivity index (χ4n) is 5.40. The third-order valence-electron chi connectivity index (χ3n) is 8.00. The number of likely N-dealkylation sites (tertiary alicyclic amines) is 2. The summed E-state index contributed by atoms with van der Waals surface area (Å²) in [4.78, 5) is 61.5. The number of hydrogen-bond donors (Lipinski definition) is 1. The topological polar surface area (TPSA) is 140 Å². The minimum absolute atomic E-state index is 0.0705. The van der Waals surface area contributed by atoms with E-state index in [9.17, 15) is 19.2 Å². The lowest BCUT2D eigenvalue weighted by atomic mass is 9.99. The quantitative estimate of drug-likeness (QED) is 0.256. The average molecular weight is 640 g/mol. The number of carbonyl (C=O) groups excluding carboxylic acids is 4. The molecule has 2 fully saturated rings. The Balaban J connectivity index is 1.51. The first-order valence-electron chi connectivity index (χ1n) is 15.6. The Morgan fingerprint density at radius 2 is 1.83 bits per heavy atom. The van der Waals surface area contributed by atoms with Gasteiger partial charge in [-0.1, -0.05) is 12.0 Å². The minimum Gasteiger partial charge on any atom is -0.469 e. The van der Waals surface area contributed by atoms with Crippen molar-refractivity contribution >= 4 is 29.6 Å². The molecular formula is C35H37N5O7. The first-order chi connectivity index (χ1) is 22.7. The maximum absolute atomic E-state index is 12.6. The van der Waals surface area contributed by atoms with Crippen LogP contribution in [0.25, 0.3) is 0 Å². The zero-order chi connectivity index (χ0) is 33.3. The molecule has 0 saturated carbocycles. The Labute approximate surface area is 273 Å². The Bertz CT molecular complexity index is 1690. The Morgan fingerprint density at radius 1 is 1.00 bits per heavy atom. The van der Waals surface area contributed by atoms with E-state index in [0.717, 1.165) is 31.5 Å². The second kappa shape index (κ2) is 15.2. The monoisotopic (exact) mass is 639 g/mol. The standard InChI is InChI=1S/C35H37N5O7/c1-4-46-35(44)38-30-20-28(31-7-5-18-40(31)23(2)41)32(47-27-13-14-29(37-22-27)34(43)39-16-6-17-39)19-25(30)10-12-26-11-8-24(21-36-26)9-15-33(42)45-3/h8,11,13-14,19-22,31H,4-7,9,15-18H2,1-3H3,(H,38,44). The normalized spacial score (nSPS) is 15.2. The maximum atomic E-state index is 12.6. The van der Waals surface area contributed by atoms with Crippen molar-refractivity contribution in [2.45, 2.75) is 52.0 Å². The predicted molar refractivity (Wildman–Crippen MR) is 172 cm³/mol. The molecule has 4 heterocycles. The number of rotatable bonds is 9. The number of esters is 1. The van der Waals surface area contributed by atoms with Gasteiger partial charge in [-0.3, -0.25) is 19.7 Å². The summed E-state index contributed by atoms with van der Waals surface area (Å²) >= 11 is 0. The lowest BCUT2D eigenvalue weighted by molar-refractivity contribution is -0.140. The summed E-state index contributed by atoms with van der Waals surface area (Å²) in [5.41, 5.74) is 3.17. The summed E-state index contributed by atoms with van der Waals surface area (Å²) in [6.07, 6.45) is 5.73. The van der Waals surface area contributed by atoms with E-state index in [2.05, 4.69) is 27.1 Å². The van der Waals surface area contributed by atoms with Crippen LogP contribution in [0.4, 0.5) is 10.5 Å². The molecule has 5 rings (SSSR count). The van der Waals surface area contributed by atoms with Crippen LogP contribution in [0.2, 0.25) is 0 Å². The molecule has 47 heavy (non-hydrogen) atoms. The fourth-order valence-corrected chi connectivity index (χ4v) is 5.40. The fraction of sp³-hybridized carbons (Fsp3) is 0.371. The van der Waals surface area contributed by atoms with Crippen LogP contribution in [0.1, 0.15) is 78.4 Å². The molecule has 3 amide bonds. The summed E-state index contributed by atoms with van der Waals surface area (Å²) in [6.45, 7) is 5.46. The van der Waals surface area contributed by atoms with Gasteiger partial charge in [-0.25, -0.2) is 14.8 Å². The van der Waals surface area contributed by atoms with Crippen molar-refractivity contribution in [3.63, 3.8) is 0 Å². The highest BCUT2D eigenvalue weighted by molar-refractivity contribution is 5.92. The van der Waals surface area contributed by atoms with E-state index in [-0.39, 0.29) is 36.9 Å². The van der Waals surface area contributed by atoms with Gasteiger partial charge in [-0.2, -0.15) is 0 Å². The second-order valence-corrected chi connectivity index (χ2v) is 11.2. The summed E-state index contributed by atoms with van der Waals surface area (Å²) in [5, 5.41) is 2.79. The molecule has 2 aliphatic heterocycles. The minimum atomic E-state index is -0.648. The van der Waals surface area contributed by atoms with Crippen molar-refractivity contribution in [1.29, 1.82) is 0 Å². The van der Waals surface area contributed by atoms with Gasteiger partial charge in [-0.05, 0) is 74.4 Å². The molecule has 2 saturated heterocycles. The molecule has 12 heteroatoms. The molecule has 0 spiro atoms. The van der Waals surface area contributed by atoms with Gasteiger partial charge in [0, 0.05) is 44.7 Å². The molecule has 1 aromatic carbocycles. The SMILES string of the molecule is CCOC(=O)Nc1cc(C2CCCN2C(C)=O)c(Oc2ccc(C(=O)N3CCC3)nc2)cc1C#Cc1ccc(CCC(=O)OC)cn1. The van der Waals surface area contributed by atoms with Crippen LogP contribution in [0, 0.1) is 11.8 Å². The molecule has 12 nitrogen and oxygen atoms in total. The lowest BCUT2D eigenvalue weighted by Crippen LogP contribution is -2.42. The number of aromatic nitrogens is 2. The molecule has 0 bridgehead atoms. The molecule has 2 aliphatic rings. The van der Waals surface area contributed by atoms with E-state index in [1.54, 1.807) is 53.3 Å². The van der Waals surface area contributed by atoms with Gasteiger partial charge in [0.2, 0.25) is 5.91 Å². The van der Waals surface area contributed by atoms with E-state index in [0.29, 0.717) is 59.1 Å². The number of amides is 3. The van der Waals surface area contributed by atoms with E-state index < -0.39 is 6.09 Å². The van der Waals surface area contributed by atoms with Gasteiger partial charge in [0.1, 0.15) is 22.9 Å². The maximum Gasteiger partial charge on any atom is 0.411 e. The van der Waals surface area contributed by atoms with Gasteiger partial charge in [-0.15, -0.1) is 0 Å². The van der Waals surface area contributed by atoms with Crippen LogP contribution in [0.15, 0.2) is 48.8 Å². The molecule has 1 unspecified atom stereocenters. The van der Waals surface area contributed by atoms with Crippen LogP contribution in [-0.2, 0) is 25.5 Å². The molecule has 3 aromatic rings. The first kappa shape index (κ1) is 32.9. The number of carbonyl (C=O) groups is 4. The molecular weight excluding hydrogens is 602 g/mol. The highest BCUT2D eigenvalue weighted by Gasteiger charge is 2.31. The van der Waals surface area contributed by atoms with Crippen LogP contribution in [-0.4, -0.2) is 77.0 Å². The number of ether oxygens (including phenoxy) is 3. The zero-order valence-corrected chi connectivity index (χ0v) is 26.7. The van der Waals surface area contributed by atoms with E-state index >= 15 is 0 Å². The van der Waals surface area contributed by atoms with Gasteiger partial charge in [0.15, 0.2) is 0 Å². The van der Waals surface area contributed by atoms with Crippen molar-refractivity contribution in [2.75, 3.05) is 38.7 Å². The van der Waals surface area contributed by atoms with Crippen molar-refractivity contribution in [1.82, 2.24) is 19.8 Å². The van der Waals surface area contributed by atoms with Crippen molar-refractivity contribution in [3.8, 4) is 23.3 Å². The highest BCUT2D eigenvalue weighted by Crippen LogP contribution is 2.41. The van der Waals surface area contributed by atoms with Crippen molar-refractivity contribution in [2.24, 2.45) is 0 Å². The number of aryl methyl sites for hydroxylation is 1. The third-order valence-corrected chi connectivity index (χ3v) is 8.00. The van der Waals surface area contributed by atoms with Crippen LogP contribution < -0.4 is 10.1 Å². The van der Waals surface area contributed by atoms with Crippen molar-refractivity contribution < 1.29 is 33.4 Å². The number of anilines is 1. The van der Waals surface area contributed by atoms with E-state index in [4.69, 9.17) is 14.2 Å². The Morgan fingerprint density at radius 3 is 2.47 bits per heavy atom. The van der Waals surface area contributed by atoms with Crippen LogP contribution in [0.5, 0.6) is 11.5 Å². The van der Waals surface area contributed by atoms with E-state index in [1.165, 1.54) is 20.2 Å². The average Bonchev–Trinajstić information content (AvgIpc) is 3.54. The highest BCUT2D eigenvalue weighted by atomic mass is 16.5. The summed E-state index contributed by atoms with van der Waals surface area (Å²) in [6, 6.07) is 10.1. The number of nitrogens with one attached hydrogen (secondary N) is 1. The van der Waals surface area contributed by atoms with Crippen LogP contribution in [0.3, 0.4) is 0 Å². The molecule has 1 atom stereocenters. The lowest BCUT2D eigenvalue weighted by Gasteiger charge is -2.30. The third kappa shape index (κ3) is 8.24. The first-order valence-corrected chi connectivity index (χ1v) is 15.6. The molecule has 2 aromatic heterocycles. The summed E-state index contributed by atoms with van der Waals surface area (Å²) in [5.74, 6) is 6.47. The zero-order valence-electron chi connectivity index (χ0n) is 26.7. The second-order valence-electron chi connectivity index (χ2n) is 11.2. The molecule has 1 N–H and O–H groups in total. The summed E-state index contributed by atoms with van der Waals surface area (Å²) in [7, 11) is 1.35. The van der Waals surface area contributed by atoms with Gasteiger partial charge >= 0.3 is 12.1 Å². The Kier molecular flexibility index (Phi) is 10.7. The van der Waals surface area contributed by atoms with Crippen molar-refractivity contribution in [3.05, 3.63) is 76.9 Å². The number of benzene rings is 1. The molecule has 0 radical (unpaired) electrons. The largest absolute Gasteiger partial charge is 0.469 e. The Hall–Kier alpha value is -5.44. The summed E-state index contributed by atoms with van der Waals surface area (Å²) < 4.78 is 16.2. The molecule has 0 aliphatic carbocycles. The van der Waals surface area contributed by atoms with E-state index in [1.807, 2.05) is 6.07 Å². The number of methoxy groups -OCH3 is 1. The smallest absolute Gasteiger partial charge is 0.411 e. The van der Waals surface area contributed by atoms with Gasteiger partial charge < -0.3 is 24.0 Å². The van der Waals surface area contributed by atoms with Crippen LogP contribution >= 0.6 is 0 Å². The number of pyridine rings is 2. The number of nitrogens with zero attached hydrogens (tertiary/aromatic N) is 4. The molecule has 244 valence electrons.